The molecule has 1 aliphatic heterocycles. The zero-order valence-electron chi connectivity index (χ0n) is 12.4. The minimum Gasteiger partial charge on any atom is -0.312 e. The monoisotopic (exact) mass is 370 g/mol. The highest BCUT2D eigenvalue weighted by Crippen LogP contribution is 2.32. The highest BCUT2D eigenvalue weighted by Gasteiger charge is 2.23. The number of rotatable bonds is 4. The highest BCUT2D eigenvalue weighted by molar-refractivity contribution is 7.94. The van der Waals surface area contributed by atoms with Gasteiger partial charge >= 0.3 is 0 Å². The molecule has 0 atom stereocenters. The Kier molecular flexibility index (Phi) is 4.35. The van der Waals surface area contributed by atoms with Crippen LogP contribution in [-0.2, 0) is 14.8 Å². The van der Waals surface area contributed by atoms with E-state index in [1.807, 2.05) is 6.92 Å². The number of hydrogen-bond acceptors (Lipinski definition) is 4. The molecule has 122 valence electrons. The molecule has 1 aliphatic rings. The Labute approximate surface area is 143 Å². The molecule has 8 heteroatoms. The van der Waals surface area contributed by atoms with E-state index in [1.165, 1.54) is 11.3 Å². The molecule has 3 rings (SSSR count). The second kappa shape index (κ2) is 6.14. The predicted octanol–water partition coefficient (Wildman–Crippen LogP) is 3.64. The van der Waals surface area contributed by atoms with E-state index in [0.717, 1.165) is 11.3 Å². The third-order valence-corrected chi connectivity index (χ3v) is 6.75. The van der Waals surface area contributed by atoms with Gasteiger partial charge in [-0.1, -0.05) is 11.6 Å². The van der Waals surface area contributed by atoms with Crippen molar-refractivity contribution < 1.29 is 13.2 Å². The fraction of sp³-hybridized carbons (Fsp3) is 0.267. The molecule has 0 spiro atoms. The van der Waals surface area contributed by atoms with Gasteiger partial charge in [-0.3, -0.25) is 9.52 Å². The number of nitrogens with zero attached hydrogens (tertiary/aromatic N) is 1. The number of carbonyl (C=O) groups excluding carboxylic acids is 1. The van der Waals surface area contributed by atoms with Gasteiger partial charge in [-0.2, -0.15) is 0 Å². The molecule has 0 aliphatic carbocycles. The predicted molar refractivity (Wildman–Crippen MR) is 92.9 cm³/mol. The third-order valence-electron chi connectivity index (χ3n) is 3.56. The van der Waals surface area contributed by atoms with Gasteiger partial charge in [0, 0.05) is 23.5 Å². The minimum atomic E-state index is -3.69. The number of aryl methyl sites for hydroxylation is 1. The van der Waals surface area contributed by atoms with Crippen LogP contribution in [0.25, 0.3) is 0 Å². The van der Waals surface area contributed by atoms with Gasteiger partial charge in [-0.25, -0.2) is 8.42 Å². The van der Waals surface area contributed by atoms with Crippen LogP contribution >= 0.6 is 22.9 Å². The molecule has 2 heterocycles. The van der Waals surface area contributed by atoms with E-state index < -0.39 is 10.0 Å². The van der Waals surface area contributed by atoms with Crippen LogP contribution in [0.3, 0.4) is 0 Å². The van der Waals surface area contributed by atoms with Crippen molar-refractivity contribution >= 4 is 50.2 Å². The Hall–Kier alpha value is -1.57. The Morgan fingerprint density at radius 3 is 2.65 bits per heavy atom. The minimum absolute atomic E-state index is 0.0370. The Morgan fingerprint density at radius 1 is 1.26 bits per heavy atom. The first-order valence-electron chi connectivity index (χ1n) is 7.06. The molecule has 0 radical (unpaired) electrons. The van der Waals surface area contributed by atoms with Gasteiger partial charge in [0.25, 0.3) is 10.0 Å². The summed E-state index contributed by atoms with van der Waals surface area (Å²) in [6, 6.07) is 8.23. The molecule has 0 saturated carbocycles. The molecule has 1 fully saturated rings. The standard InChI is InChI=1S/C15H15ClN2O3S2/c1-10-4-7-15(22-10)23(20,21)17-13-9-11(5-6-12(13)16)18-8-2-3-14(18)19/h4-7,9,17H,2-3,8H2,1H3. The average molecular weight is 371 g/mol. The SMILES string of the molecule is Cc1ccc(S(=O)(=O)Nc2cc(N3CCCC3=O)ccc2Cl)s1. The van der Waals surface area contributed by atoms with Gasteiger partial charge in [-0.15, -0.1) is 11.3 Å². The highest BCUT2D eigenvalue weighted by atomic mass is 35.5. The average Bonchev–Trinajstić information content (AvgIpc) is 3.10. The Morgan fingerprint density at radius 2 is 2.04 bits per heavy atom. The summed E-state index contributed by atoms with van der Waals surface area (Å²) in [5.41, 5.74) is 0.923. The number of halogens is 1. The number of hydrogen-bond donors (Lipinski definition) is 1. The molecule has 0 unspecified atom stereocenters. The molecule has 1 aromatic heterocycles. The molecule has 23 heavy (non-hydrogen) atoms. The van der Waals surface area contributed by atoms with Crippen molar-refractivity contribution in [3.8, 4) is 0 Å². The number of nitrogens with one attached hydrogen (secondary N) is 1. The smallest absolute Gasteiger partial charge is 0.271 e. The Balaban J connectivity index is 1.92. The van der Waals surface area contributed by atoms with Gasteiger partial charge in [0.2, 0.25) is 5.91 Å². The van der Waals surface area contributed by atoms with E-state index in [2.05, 4.69) is 4.72 Å². The molecule has 2 aromatic rings. The lowest BCUT2D eigenvalue weighted by atomic mass is 10.2. The number of benzene rings is 1. The molecule has 0 bridgehead atoms. The summed E-state index contributed by atoms with van der Waals surface area (Å²) in [7, 11) is -3.69. The van der Waals surface area contributed by atoms with Crippen molar-refractivity contribution in [2.75, 3.05) is 16.2 Å². The van der Waals surface area contributed by atoms with E-state index >= 15 is 0 Å². The number of sulfonamides is 1. The van der Waals surface area contributed by atoms with Crippen LogP contribution in [-0.4, -0.2) is 20.9 Å². The van der Waals surface area contributed by atoms with Gasteiger partial charge in [0.15, 0.2) is 0 Å². The quantitative estimate of drug-likeness (QED) is 0.893. The second-order valence-corrected chi connectivity index (χ2v) is 8.89. The fourth-order valence-corrected chi connectivity index (χ4v) is 5.01. The normalized spacial score (nSPS) is 15.2. The van der Waals surface area contributed by atoms with Crippen LogP contribution in [0.1, 0.15) is 17.7 Å². The molecular weight excluding hydrogens is 356 g/mol. The number of thiophene rings is 1. The van der Waals surface area contributed by atoms with E-state index in [4.69, 9.17) is 11.6 Å². The van der Waals surface area contributed by atoms with Gasteiger partial charge < -0.3 is 4.90 Å². The first-order valence-corrected chi connectivity index (χ1v) is 9.74. The number of amides is 1. The maximum absolute atomic E-state index is 12.4. The zero-order valence-corrected chi connectivity index (χ0v) is 14.8. The van der Waals surface area contributed by atoms with Gasteiger partial charge in [0.1, 0.15) is 4.21 Å². The summed E-state index contributed by atoms with van der Waals surface area (Å²) in [4.78, 5) is 14.4. The topological polar surface area (TPSA) is 66.5 Å². The van der Waals surface area contributed by atoms with Gasteiger partial charge in [0.05, 0.1) is 10.7 Å². The molecule has 1 amide bonds. The summed E-state index contributed by atoms with van der Waals surface area (Å²) >= 11 is 7.30. The van der Waals surface area contributed by atoms with Crippen molar-refractivity contribution in [2.45, 2.75) is 24.0 Å². The fourth-order valence-electron chi connectivity index (χ4n) is 2.43. The largest absolute Gasteiger partial charge is 0.312 e. The van der Waals surface area contributed by atoms with Crippen molar-refractivity contribution in [3.63, 3.8) is 0 Å². The van der Waals surface area contributed by atoms with Crippen LogP contribution in [0.15, 0.2) is 34.5 Å². The summed E-state index contributed by atoms with van der Waals surface area (Å²) in [5.74, 6) is 0.0370. The third kappa shape index (κ3) is 3.36. The van der Waals surface area contributed by atoms with E-state index in [0.29, 0.717) is 18.7 Å². The van der Waals surface area contributed by atoms with Crippen LogP contribution in [0, 0.1) is 6.92 Å². The second-order valence-electron chi connectivity index (χ2n) is 5.28. The molecule has 1 saturated heterocycles. The number of carbonyl (C=O) groups is 1. The van der Waals surface area contributed by atoms with Crippen molar-refractivity contribution in [2.24, 2.45) is 0 Å². The van der Waals surface area contributed by atoms with Crippen molar-refractivity contribution in [1.82, 2.24) is 0 Å². The Bertz CT molecular complexity index is 861. The first-order chi connectivity index (χ1) is 10.9. The molecule has 5 nitrogen and oxygen atoms in total. The van der Waals surface area contributed by atoms with Crippen LogP contribution in [0.4, 0.5) is 11.4 Å². The lowest BCUT2D eigenvalue weighted by molar-refractivity contribution is -0.117. The first kappa shape index (κ1) is 16.3. The zero-order chi connectivity index (χ0) is 16.6. The lowest BCUT2D eigenvalue weighted by Gasteiger charge is -2.17. The van der Waals surface area contributed by atoms with E-state index in [1.54, 1.807) is 35.2 Å². The van der Waals surface area contributed by atoms with Crippen LogP contribution in [0.5, 0.6) is 0 Å². The summed E-state index contributed by atoms with van der Waals surface area (Å²) in [5, 5.41) is 0.289. The molecule has 1 aromatic carbocycles. The summed E-state index contributed by atoms with van der Waals surface area (Å²) in [6.07, 6.45) is 1.31. The molecule has 1 N–H and O–H groups in total. The van der Waals surface area contributed by atoms with Crippen molar-refractivity contribution in [1.29, 1.82) is 0 Å². The van der Waals surface area contributed by atoms with E-state index in [-0.39, 0.29) is 20.8 Å². The summed E-state index contributed by atoms with van der Waals surface area (Å²) < 4.78 is 27.6. The number of anilines is 2. The lowest BCUT2D eigenvalue weighted by Crippen LogP contribution is -2.23. The maximum Gasteiger partial charge on any atom is 0.271 e. The van der Waals surface area contributed by atoms with Crippen LogP contribution < -0.4 is 9.62 Å². The summed E-state index contributed by atoms with van der Waals surface area (Å²) in [6.45, 7) is 2.48. The molecular formula is C15H15ClN2O3S2. The van der Waals surface area contributed by atoms with Gasteiger partial charge in [-0.05, 0) is 43.7 Å². The maximum atomic E-state index is 12.4. The van der Waals surface area contributed by atoms with Crippen molar-refractivity contribution in [3.05, 3.63) is 40.2 Å². The van der Waals surface area contributed by atoms with Crippen LogP contribution in [0.2, 0.25) is 5.02 Å². The van der Waals surface area contributed by atoms with E-state index in [9.17, 15) is 13.2 Å².